The van der Waals surface area contributed by atoms with Crippen LogP contribution in [0.25, 0.3) is 0 Å². The molecule has 1 aromatic rings. The Kier molecular flexibility index (Phi) is 4.59. The zero-order valence-corrected chi connectivity index (χ0v) is 13.1. The molecule has 0 radical (unpaired) electrons. The molecule has 0 aliphatic carbocycles. The quantitative estimate of drug-likeness (QED) is 0.872. The third kappa shape index (κ3) is 3.23. The summed E-state index contributed by atoms with van der Waals surface area (Å²) < 4.78 is 11.3. The zero-order valence-electron chi connectivity index (χ0n) is 13.1. The molecule has 0 unspecified atom stereocenters. The number of ether oxygens (including phenoxy) is 2. The number of aromatic nitrogens is 1. The number of carbonyl (C=O) groups excluding carboxylic acids is 1. The van der Waals surface area contributed by atoms with Gasteiger partial charge in [0.15, 0.2) is 0 Å². The molecule has 0 bridgehead atoms. The number of amides is 1. The van der Waals surface area contributed by atoms with Crippen LogP contribution in [0.2, 0.25) is 0 Å². The number of carbonyl (C=O) groups is 1. The van der Waals surface area contributed by atoms with E-state index in [0.29, 0.717) is 18.2 Å². The lowest BCUT2D eigenvalue weighted by atomic mass is 10.0. The zero-order chi connectivity index (χ0) is 15.5. The number of nitrogens with one attached hydrogen (secondary N) is 1. The number of methoxy groups -OCH3 is 1. The highest BCUT2D eigenvalue weighted by atomic mass is 16.5. The van der Waals surface area contributed by atoms with Gasteiger partial charge in [0.05, 0.1) is 25.7 Å². The molecule has 1 amide bonds. The van der Waals surface area contributed by atoms with Crippen molar-refractivity contribution >= 4 is 5.91 Å². The number of nitrogens with zero attached hydrogens (tertiary/aromatic N) is 2. The molecule has 0 aromatic carbocycles. The molecule has 0 saturated carbocycles. The van der Waals surface area contributed by atoms with Gasteiger partial charge in [0.2, 0.25) is 11.8 Å². The third-order valence-corrected chi connectivity index (χ3v) is 4.52. The van der Waals surface area contributed by atoms with Crippen LogP contribution < -0.4 is 10.1 Å². The molecule has 1 N–H and O–H groups in total. The summed E-state index contributed by atoms with van der Waals surface area (Å²) in [6.07, 6.45) is 3.51. The minimum Gasteiger partial charge on any atom is -0.481 e. The fourth-order valence-electron chi connectivity index (χ4n) is 3.49. The molecule has 2 aliphatic heterocycles. The lowest BCUT2D eigenvalue weighted by molar-refractivity contribution is -0.123. The van der Waals surface area contributed by atoms with Gasteiger partial charge in [-0.25, -0.2) is 4.98 Å². The van der Waals surface area contributed by atoms with E-state index in [1.807, 2.05) is 6.07 Å². The third-order valence-electron chi connectivity index (χ3n) is 4.52. The van der Waals surface area contributed by atoms with E-state index in [9.17, 15) is 4.79 Å². The fourth-order valence-corrected chi connectivity index (χ4v) is 3.49. The van der Waals surface area contributed by atoms with E-state index >= 15 is 0 Å². The van der Waals surface area contributed by atoms with Gasteiger partial charge in [-0.3, -0.25) is 9.69 Å². The lowest BCUT2D eigenvalue weighted by Crippen LogP contribution is -2.28. The Morgan fingerprint density at radius 3 is 3.14 bits per heavy atom. The first-order valence-corrected chi connectivity index (χ1v) is 7.76. The van der Waals surface area contributed by atoms with Crippen molar-refractivity contribution in [2.24, 2.45) is 5.92 Å². The van der Waals surface area contributed by atoms with Crippen LogP contribution >= 0.6 is 0 Å². The molecule has 0 spiro atoms. The van der Waals surface area contributed by atoms with Crippen molar-refractivity contribution in [1.29, 1.82) is 0 Å². The maximum absolute atomic E-state index is 11.4. The highest BCUT2D eigenvalue weighted by Gasteiger charge is 2.42. The van der Waals surface area contributed by atoms with E-state index in [0.717, 1.165) is 31.6 Å². The molecule has 22 heavy (non-hydrogen) atoms. The molecule has 2 saturated heterocycles. The van der Waals surface area contributed by atoms with Crippen molar-refractivity contribution < 1.29 is 14.3 Å². The van der Waals surface area contributed by atoms with E-state index in [1.54, 1.807) is 20.4 Å². The molecule has 3 atom stereocenters. The van der Waals surface area contributed by atoms with Crippen LogP contribution in [0.1, 0.15) is 18.4 Å². The first-order chi connectivity index (χ1) is 10.7. The maximum atomic E-state index is 11.4. The SMILES string of the molecule is CNC(=O)C[C@@H]1C[C@H]2CN(Cc3cccnc3OC)C[C@H]2O1. The molecule has 3 heterocycles. The van der Waals surface area contributed by atoms with Crippen LogP contribution in [-0.4, -0.2) is 55.2 Å². The van der Waals surface area contributed by atoms with Crippen molar-refractivity contribution in [1.82, 2.24) is 15.2 Å². The van der Waals surface area contributed by atoms with Gasteiger partial charge in [0.25, 0.3) is 0 Å². The monoisotopic (exact) mass is 305 g/mol. The summed E-state index contributed by atoms with van der Waals surface area (Å²) >= 11 is 0. The molecule has 2 fully saturated rings. The summed E-state index contributed by atoms with van der Waals surface area (Å²) in [7, 11) is 3.32. The van der Waals surface area contributed by atoms with Crippen LogP contribution in [-0.2, 0) is 16.1 Å². The van der Waals surface area contributed by atoms with Gasteiger partial charge in [-0.1, -0.05) is 6.07 Å². The predicted molar refractivity (Wildman–Crippen MR) is 81.5 cm³/mol. The highest BCUT2D eigenvalue weighted by molar-refractivity contribution is 5.76. The molecule has 3 rings (SSSR count). The molecule has 6 heteroatoms. The van der Waals surface area contributed by atoms with Crippen LogP contribution in [0.3, 0.4) is 0 Å². The van der Waals surface area contributed by atoms with Crippen molar-refractivity contribution in [3.8, 4) is 5.88 Å². The number of rotatable bonds is 5. The smallest absolute Gasteiger partial charge is 0.222 e. The van der Waals surface area contributed by atoms with Crippen molar-refractivity contribution in [3.05, 3.63) is 23.9 Å². The molecule has 2 aliphatic rings. The minimum absolute atomic E-state index is 0.0573. The van der Waals surface area contributed by atoms with Crippen LogP contribution in [0.4, 0.5) is 0 Å². The number of hydrogen-bond donors (Lipinski definition) is 1. The molecular weight excluding hydrogens is 282 g/mol. The molecular formula is C16H23N3O3. The maximum Gasteiger partial charge on any atom is 0.222 e. The Hall–Kier alpha value is -1.66. The summed E-state index contributed by atoms with van der Waals surface area (Å²) in [5.41, 5.74) is 1.10. The van der Waals surface area contributed by atoms with Gasteiger partial charge in [0, 0.05) is 44.4 Å². The molecule has 120 valence electrons. The predicted octanol–water partition coefficient (Wildman–Crippen LogP) is 0.816. The number of likely N-dealkylation sites (tertiary alicyclic amines) is 1. The number of fused-ring (bicyclic) bond motifs is 1. The standard InChI is InChI=1S/C16H23N3O3/c1-17-15(20)7-13-6-12-9-19(10-14(12)22-13)8-11-4-3-5-18-16(11)21-2/h3-5,12-14H,6-10H2,1-2H3,(H,17,20)/t12-,13-,14+/m0/s1. The van der Waals surface area contributed by atoms with E-state index in [2.05, 4.69) is 21.3 Å². The second-order valence-electron chi connectivity index (χ2n) is 6.04. The summed E-state index contributed by atoms with van der Waals surface area (Å²) in [5, 5.41) is 2.66. The molecule has 6 nitrogen and oxygen atoms in total. The van der Waals surface area contributed by atoms with E-state index < -0.39 is 0 Å². The van der Waals surface area contributed by atoms with Gasteiger partial charge in [-0.2, -0.15) is 0 Å². The first-order valence-electron chi connectivity index (χ1n) is 7.76. The number of hydrogen-bond acceptors (Lipinski definition) is 5. The Morgan fingerprint density at radius 1 is 1.55 bits per heavy atom. The topological polar surface area (TPSA) is 63.7 Å². The second-order valence-corrected chi connectivity index (χ2v) is 6.04. The first kappa shape index (κ1) is 15.2. The summed E-state index contributed by atoms with van der Waals surface area (Å²) in [4.78, 5) is 18.1. The Morgan fingerprint density at radius 2 is 2.41 bits per heavy atom. The van der Waals surface area contributed by atoms with E-state index in [1.165, 1.54) is 0 Å². The second kappa shape index (κ2) is 6.62. The van der Waals surface area contributed by atoms with Crippen LogP contribution in [0, 0.1) is 5.92 Å². The van der Waals surface area contributed by atoms with Gasteiger partial charge in [-0.05, 0) is 12.5 Å². The Labute approximate surface area is 130 Å². The van der Waals surface area contributed by atoms with Gasteiger partial charge in [0.1, 0.15) is 0 Å². The highest BCUT2D eigenvalue weighted by Crippen LogP contribution is 2.35. The van der Waals surface area contributed by atoms with E-state index in [4.69, 9.17) is 9.47 Å². The van der Waals surface area contributed by atoms with Gasteiger partial charge >= 0.3 is 0 Å². The van der Waals surface area contributed by atoms with Gasteiger partial charge in [-0.15, -0.1) is 0 Å². The largest absolute Gasteiger partial charge is 0.481 e. The van der Waals surface area contributed by atoms with Crippen molar-refractivity contribution in [2.75, 3.05) is 27.2 Å². The van der Waals surface area contributed by atoms with Gasteiger partial charge < -0.3 is 14.8 Å². The molecule has 1 aromatic heterocycles. The van der Waals surface area contributed by atoms with Crippen LogP contribution in [0.15, 0.2) is 18.3 Å². The lowest BCUT2D eigenvalue weighted by Gasteiger charge is -2.19. The van der Waals surface area contributed by atoms with E-state index in [-0.39, 0.29) is 18.1 Å². The average molecular weight is 305 g/mol. The van der Waals surface area contributed by atoms with Crippen LogP contribution in [0.5, 0.6) is 5.88 Å². The number of pyridine rings is 1. The summed E-state index contributed by atoms with van der Waals surface area (Å²) in [5.74, 6) is 1.28. The average Bonchev–Trinajstić information content (AvgIpc) is 3.05. The minimum atomic E-state index is 0.0573. The summed E-state index contributed by atoms with van der Waals surface area (Å²) in [6, 6.07) is 3.99. The Bertz CT molecular complexity index is 523. The van der Waals surface area contributed by atoms with Crippen molar-refractivity contribution in [3.63, 3.8) is 0 Å². The summed E-state index contributed by atoms with van der Waals surface area (Å²) in [6.45, 7) is 2.74. The Balaban J connectivity index is 1.54. The normalized spacial score (nSPS) is 27.6. The van der Waals surface area contributed by atoms with Crippen molar-refractivity contribution in [2.45, 2.75) is 31.6 Å². The fraction of sp³-hybridized carbons (Fsp3) is 0.625.